The standard InChI is InChI=1S/C17H20N2O3S/c1-21-13-7-6-12(14(11-13)22-2)10-15-16(20)18-17(23-15)19-8-4-3-5-9-19/h6-7,10-11H,3-5,8-9H2,1-2H3/b15-10-. The maximum Gasteiger partial charge on any atom is 0.286 e. The molecule has 2 aliphatic heterocycles. The number of hydrogen-bond acceptors (Lipinski definition) is 5. The van der Waals surface area contributed by atoms with E-state index in [9.17, 15) is 4.79 Å². The van der Waals surface area contributed by atoms with E-state index in [2.05, 4.69) is 9.89 Å². The van der Waals surface area contributed by atoms with Crippen LogP contribution in [0.25, 0.3) is 6.08 Å². The lowest BCUT2D eigenvalue weighted by Gasteiger charge is -2.27. The molecule has 6 heteroatoms. The lowest BCUT2D eigenvalue weighted by Crippen LogP contribution is -2.33. The fourth-order valence-corrected chi connectivity index (χ4v) is 3.65. The summed E-state index contributed by atoms with van der Waals surface area (Å²) in [6, 6.07) is 5.55. The summed E-state index contributed by atoms with van der Waals surface area (Å²) in [6.45, 7) is 1.97. The number of aliphatic imine (C=N–C) groups is 1. The quantitative estimate of drug-likeness (QED) is 0.796. The van der Waals surface area contributed by atoms with Gasteiger partial charge in [-0.3, -0.25) is 4.79 Å². The highest BCUT2D eigenvalue weighted by Crippen LogP contribution is 2.34. The molecule has 1 amide bonds. The molecule has 0 radical (unpaired) electrons. The van der Waals surface area contributed by atoms with E-state index in [1.807, 2.05) is 24.3 Å². The Hall–Kier alpha value is -1.95. The molecule has 23 heavy (non-hydrogen) atoms. The molecule has 2 aliphatic rings. The first-order valence-electron chi connectivity index (χ1n) is 7.71. The first-order chi connectivity index (χ1) is 11.2. The summed E-state index contributed by atoms with van der Waals surface area (Å²) in [6.07, 6.45) is 5.43. The number of methoxy groups -OCH3 is 2. The number of benzene rings is 1. The van der Waals surface area contributed by atoms with Gasteiger partial charge in [-0.05, 0) is 49.2 Å². The Labute approximate surface area is 140 Å². The fraction of sp³-hybridized carbons (Fsp3) is 0.412. The third kappa shape index (κ3) is 3.52. The number of likely N-dealkylation sites (tertiary alicyclic amines) is 1. The number of carbonyl (C=O) groups is 1. The van der Waals surface area contributed by atoms with Crippen molar-refractivity contribution in [3.05, 3.63) is 28.7 Å². The molecule has 0 aromatic heterocycles. The predicted octanol–water partition coefficient (Wildman–Crippen LogP) is 3.16. The van der Waals surface area contributed by atoms with Crippen LogP contribution in [0, 0.1) is 0 Å². The molecule has 0 bridgehead atoms. The number of hydrogen-bond donors (Lipinski definition) is 0. The largest absolute Gasteiger partial charge is 0.497 e. The van der Waals surface area contributed by atoms with Gasteiger partial charge >= 0.3 is 0 Å². The predicted molar refractivity (Wildman–Crippen MR) is 93.0 cm³/mol. The van der Waals surface area contributed by atoms with Gasteiger partial charge in [-0.15, -0.1) is 0 Å². The Balaban J connectivity index is 1.80. The fourth-order valence-electron chi connectivity index (χ4n) is 2.70. The van der Waals surface area contributed by atoms with Crippen LogP contribution in [0.2, 0.25) is 0 Å². The van der Waals surface area contributed by atoms with E-state index in [4.69, 9.17) is 9.47 Å². The molecule has 0 atom stereocenters. The summed E-state index contributed by atoms with van der Waals surface area (Å²) in [5.74, 6) is 1.23. The van der Waals surface area contributed by atoms with Crippen LogP contribution in [0.3, 0.4) is 0 Å². The van der Waals surface area contributed by atoms with Crippen LogP contribution in [-0.2, 0) is 4.79 Å². The number of piperidine rings is 1. The zero-order chi connectivity index (χ0) is 16.2. The minimum Gasteiger partial charge on any atom is -0.497 e. The van der Waals surface area contributed by atoms with Crippen molar-refractivity contribution in [2.75, 3.05) is 27.3 Å². The van der Waals surface area contributed by atoms with Crippen LogP contribution < -0.4 is 9.47 Å². The minimum atomic E-state index is -0.173. The first-order valence-corrected chi connectivity index (χ1v) is 8.52. The number of carbonyl (C=O) groups excluding carboxylic acids is 1. The molecule has 1 fully saturated rings. The number of amidine groups is 1. The molecule has 0 N–H and O–H groups in total. The van der Waals surface area contributed by atoms with Crippen molar-refractivity contribution in [1.29, 1.82) is 0 Å². The minimum absolute atomic E-state index is 0.173. The van der Waals surface area contributed by atoms with Crippen molar-refractivity contribution < 1.29 is 14.3 Å². The average Bonchev–Trinajstić information content (AvgIpc) is 2.97. The first kappa shape index (κ1) is 15.9. The van der Waals surface area contributed by atoms with Crippen molar-refractivity contribution in [2.45, 2.75) is 19.3 Å². The molecule has 0 spiro atoms. The van der Waals surface area contributed by atoms with Crippen molar-refractivity contribution in [3.8, 4) is 11.5 Å². The van der Waals surface area contributed by atoms with E-state index in [1.165, 1.54) is 31.0 Å². The van der Waals surface area contributed by atoms with Crippen molar-refractivity contribution in [3.63, 3.8) is 0 Å². The Morgan fingerprint density at radius 3 is 2.65 bits per heavy atom. The number of ether oxygens (including phenoxy) is 2. The highest BCUT2D eigenvalue weighted by atomic mass is 32.2. The number of nitrogens with zero attached hydrogens (tertiary/aromatic N) is 2. The topological polar surface area (TPSA) is 51.1 Å². The zero-order valence-corrected chi connectivity index (χ0v) is 14.2. The van der Waals surface area contributed by atoms with E-state index >= 15 is 0 Å². The number of amides is 1. The maximum atomic E-state index is 12.2. The molecular weight excluding hydrogens is 312 g/mol. The molecule has 1 aromatic carbocycles. The Morgan fingerprint density at radius 2 is 1.96 bits per heavy atom. The van der Waals surface area contributed by atoms with Crippen LogP contribution in [0.15, 0.2) is 28.1 Å². The summed E-state index contributed by atoms with van der Waals surface area (Å²) < 4.78 is 10.6. The number of thioether (sulfide) groups is 1. The van der Waals surface area contributed by atoms with E-state index in [1.54, 1.807) is 14.2 Å². The highest BCUT2D eigenvalue weighted by molar-refractivity contribution is 8.18. The van der Waals surface area contributed by atoms with Gasteiger partial charge in [-0.1, -0.05) is 0 Å². The summed E-state index contributed by atoms with van der Waals surface area (Å²) in [7, 11) is 3.22. The average molecular weight is 332 g/mol. The van der Waals surface area contributed by atoms with Crippen molar-refractivity contribution in [1.82, 2.24) is 4.90 Å². The normalized spacial score (nSPS) is 19.9. The van der Waals surface area contributed by atoms with Gasteiger partial charge in [-0.25, -0.2) is 0 Å². The van der Waals surface area contributed by atoms with Crippen LogP contribution in [0.4, 0.5) is 0 Å². The monoisotopic (exact) mass is 332 g/mol. The van der Waals surface area contributed by atoms with Crippen LogP contribution >= 0.6 is 11.8 Å². The van der Waals surface area contributed by atoms with Gasteiger partial charge in [0.05, 0.1) is 19.1 Å². The molecular formula is C17H20N2O3S. The van der Waals surface area contributed by atoms with Crippen LogP contribution in [0.1, 0.15) is 24.8 Å². The maximum absolute atomic E-state index is 12.2. The van der Waals surface area contributed by atoms with Gasteiger partial charge in [0, 0.05) is 24.7 Å². The molecule has 1 saturated heterocycles. The zero-order valence-electron chi connectivity index (χ0n) is 13.4. The van der Waals surface area contributed by atoms with Gasteiger partial charge in [0.2, 0.25) is 0 Å². The third-order valence-corrected chi connectivity index (χ3v) is 5.01. The van der Waals surface area contributed by atoms with E-state index < -0.39 is 0 Å². The molecule has 0 unspecified atom stereocenters. The Kier molecular flexibility index (Phi) is 4.91. The van der Waals surface area contributed by atoms with Crippen molar-refractivity contribution >= 4 is 28.9 Å². The van der Waals surface area contributed by atoms with Gasteiger partial charge in [0.25, 0.3) is 5.91 Å². The van der Waals surface area contributed by atoms with Crippen LogP contribution in [0.5, 0.6) is 11.5 Å². The molecule has 1 aromatic rings. The number of rotatable bonds is 3. The van der Waals surface area contributed by atoms with E-state index in [0.717, 1.165) is 29.6 Å². The van der Waals surface area contributed by atoms with Gasteiger partial charge < -0.3 is 14.4 Å². The lowest BCUT2D eigenvalue weighted by molar-refractivity contribution is -0.113. The summed E-state index contributed by atoms with van der Waals surface area (Å²) in [5, 5.41) is 0.827. The summed E-state index contributed by atoms with van der Waals surface area (Å²) in [5.41, 5.74) is 0.847. The van der Waals surface area contributed by atoms with Crippen LogP contribution in [-0.4, -0.2) is 43.3 Å². The van der Waals surface area contributed by atoms with E-state index in [0.29, 0.717) is 10.7 Å². The molecule has 5 nitrogen and oxygen atoms in total. The van der Waals surface area contributed by atoms with Gasteiger partial charge in [0.1, 0.15) is 11.5 Å². The smallest absolute Gasteiger partial charge is 0.286 e. The molecule has 0 aliphatic carbocycles. The molecule has 0 saturated carbocycles. The highest BCUT2D eigenvalue weighted by Gasteiger charge is 2.27. The molecule has 2 heterocycles. The Morgan fingerprint density at radius 1 is 1.17 bits per heavy atom. The van der Waals surface area contributed by atoms with Crippen molar-refractivity contribution in [2.24, 2.45) is 4.99 Å². The van der Waals surface area contributed by atoms with Gasteiger partial charge in [0.15, 0.2) is 5.17 Å². The lowest BCUT2D eigenvalue weighted by atomic mass is 10.1. The summed E-state index contributed by atoms with van der Waals surface area (Å²) in [4.78, 5) is 19.2. The third-order valence-electron chi connectivity index (χ3n) is 3.96. The second-order valence-electron chi connectivity index (χ2n) is 5.47. The Bertz CT molecular complexity index is 664. The molecule has 3 rings (SSSR count). The van der Waals surface area contributed by atoms with Gasteiger partial charge in [-0.2, -0.15) is 4.99 Å². The second-order valence-corrected chi connectivity index (χ2v) is 6.47. The summed E-state index contributed by atoms with van der Waals surface area (Å²) >= 11 is 1.45. The SMILES string of the molecule is COc1ccc(/C=C2\SC(N3CCCCC3)=NC2=O)c(OC)c1. The second kappa shape index (κ2) is 7.08. The molecule has 122 valence electrons. The van der Waals surface area contributed by atoms with E-state index in [-0.39, 0.29) is 5.91 Å².